The monoisotopic (exact) mass is 228 g/mol. The van der Waals surface area contributed by atoms with Gasteiger partial charge in [0.05, 0.1) is 0 Å². The quantitative estimate of drug-likeness (QED) is 0.692. The number of carbonyl (C=O) groups is 1. The Bertz CT molecular complexity index is 323. The van der Waals surface area contributed by atoms with Gasteiger partial charge in [0, 0.05) is 0 Å². The fraction of sp³-hybridized carbons (Fsp3) is 0.375. The smallest absolute Gasteiger partial charge is 0.375 e. The van der Waals surface area contributed by atoms with E-state index in [1.165, 1.54) is 0 Å². The van der Waals surface area contributed by atoms with Gasteiger partial charge >= 0.3 is 12.1 Å². The zero-order chi connectivity index (χ0) is 11.9. The molecule has 15 heavy (non-hydrogen) atoms. The fourth-order valence-electron chi connectivity index (χ4n) is 0.966. The molecule has 0 heterocycles. The topological polar surface area (TPSA) is 37.3 Å². The van der Waals surface area contributed by atoms with Gasteiger partial charge in [-0.15, -0.1) is 0 Å². The Labute approximate surface area is 80.7 Å². The van der Waals surface area contributed by atoms with Crippen molar-refractivity contribution in [2.24, 2.45) is 0 Å². The van der Waals surface area contributed by atoms with Gasteiger partial charge in [-0.1, -0.05) is 0 Å². The number of alkyl halides is 5. The van der Waals surface area contributed by atoms with E-state index in [1.807, 2.05) is 0 Å². The molecule has 1 aliphatic carbocycles. The van der Waals surface area contributed by atoms with Crippen LogP contribution in [-0.4, -0.2) is 28.6 Å². The van der Waals surface area contributed by atoms with E-state index >= 15 is 0 Å². The van der Waals surface area contributed by atoms with E-state index in [4.69, 9.17) is 5.11 Å². The molecular formula is C8H5F5O2. The normalized spacial score (nSPS) is 20.8. The van der Waals surface area contributed by atoms with E-state index < -0.39 is 23.5 Å². The lowest BCUT2D eigenvalue weighted by atomic mass is 9.90. The first-order valence-corrected chi connectivity index (χ1v) is 3.69. The standard InChI is InChI=1S/C8H5F5O2/c9-7(10,8(11,12)13)6(15)3-1-5(14)2-4-6/h1-4,15H. The first kappa shape index (κ1) is 11.8. The van der Waals surface area contributed by atoms with Gasteiger partial charge < -0.3 is 5.11 Å². The molecule has 0 bridgehead atoms. The predicted molar refractivity (Wildman–Crippen MR) is 39.2 cm³/mol. The average molecular weight is 228 g/mol. The van der Waals surface area contributed by atoms with Crippen LogP contribution in [-0.2, 0) is 4.79 Å². The van der Waals surface area contributed by atoms with Crippen LogP contribution in [0.1, 0.15) is 0 Å². The molecule has 0 aromatic carbocycles. The second-order valence-corrected chi connectivity index (χ2v) is 2.97. The Morgan fingerprint density at radius 2 is 1.47 bits per heavy atom. The number of rotatable bonds is 1. The van der Waals surface area contributed by atoms with Crippen LogP contribution in [0.15, 0.2) is 24.3 Å². The van der Waals surface area contributed by atoms with Crippen molar-refractivity contribution in [1.29, 1.82) is 0 Å². The van der Waals surface area contributed by atoms with Crippen LogP contribution in [0, 0.1) is 0 Å². The zero-order valence-corrected chi connectivity index (χ0v) is 7.05. The van der Waals surface area contributed by atoms with E-state index in [-0.39, 0.29) is 12.2 Å². The minimum Gasteiger partial charge on any atom is -0.375 e. The number of halogens is 5. The molecule has 0 atom stereocenters. The molecule has 0 radical (unpaired) electrons. The first-order chi connectivity index (χ1) is 6.60. The van der Waals surface area contributed by atoms with Crippen LogP contribution in [0.25, 0.3) is 0 Å². The molecule has 0 unspecified atom stereocenters. The summed E-state index contributed by atoms with van der Waals surface area (Å²) in [5.74, 6) is -6.11. The first-order valence-electron chi connectivity index (χ1n) is 3.69. The van der Waals surface area contributed by atoms with Crippen molar-refractivity contribution in [3.8, 4) is 0 Å². The van der Waals surface area contributed by atoms with Crippen LogP contribution < -0.4 is 0 Å². The van der Waals surface area contributed by atoms with E-state index in [0.29, 0.717) is 12.2 Å². The maximum absolute atomic E-state index is 12.7. The summed E-state index contributed by atoms with van der Waals surface area (Å²) in [6.45, 7) is 0. The second-order valence-electron chi connectivity index (χ2n) is 2.97. The summed E-state index contributed by atoms with van der Waals surface area (Å²) in [5, 5.41) is 9.06. The summed E-state index contributed by atoms with van der Waals surface area (Å²) in [6, 6.07) is 0. The number of carbonyl (C=O) groups excluding carboxylic acids is 1. The molecular weight excluding hydrogens is 223 g/mol. The number of ketones is 1. The minimum absolute atomic E-state index is 0.128. The van der Waals surface area contributed by atoms with Gasteiger partial charge in [-0.05, 0) is 24.3 Å². The number of hydrogen-bond donors (Lipinski definition) is 1. The molecule has 1 rings (SSSR count). The highest BCUT2D eigenvalue weighted by atomic mass is 19.4. The Morgan fingerprint density at radius 3 is 1.80 bits per heavy atom. The average Bonchev–Trinajstić information content (AvgIpc) is 2.08. The number of allylic oxidation sites excluding steroid dienone is 2. The van der Waals surface area contributed by atoms with E-state index in [2.05, 4.69) is 0 Å². The molecule has 84 valence electrons. The summed E-state index contributed by atoms with van der Waals surface area (Å²) >= 11 is 0. The molecule has 0 aliphatic heterocycles. The third kappa shape index (κ3) is 1.79. The molecule has 0 fully saturated rings. The zero-order valence-electron chi connectivity index (χ0n) is 7.05. The Hall–Kier alpha value is -1.24. The van der Waals surface area contributed by atoms with Crippen molar-refractivity contribution in [3.05, 3.63) is 24.3 Å². The SMILES string of the molecule is O=C1C=CC(O)(C(F)(F)C(F)(F)F)C=C1. The molecule has 0 spiro atoms. The van der Waals surface area contributed by atoms with Crippen molar-refractivity contribution < 1.29 is 31.9 Å². The Balaban J connectivity index is 3.13. The van der Waals surface area contributed by atoms with Crippen LogP contribution in [0.2, 0.25) is 0 Å². The highest BCUT2D eigenvalue weighted by molar-refractivity contribution is 6.00. The molecule has 0 aromatic rings. The van der Waals surface area contributed by atoms with Crippen LogP contribution in [0.4, 0.5) is 22.0 Å². The maximum Gasteiger partial charge on any atom is 0.457 e. The van der Waals surface area contributed by atoms with Crippen LogP contribution in [0.5, 0.6) is 0 Å². The van der Waals surface area contributed by atoms with Gasteiger partial charge in [-0.2, -0.15) is 22.0 Å². The van der Waals surface area contributed by atoms with E-state index in [9.17, 15) is 26.7 Å². The van der Waals surface area contributed by atoms with Crippen molar-refractivity contribution in [1.82, 2.24) is 0 Å². The van der Waals surface area contributed by atoms with Gasteiger partial charge in [0.15, 0.2) is 11.4 Å². The minimum atomic E-state index is -5.89. The van der Waals surface area contributed by atoms with Gasteiger partial charge in [0.1, 0.15) is 0 Å². The summed E-state index contributed by atoms with van der Waals surface area (Å²) in [6.07, 6.45) is -4.72. The molecule has 0 saturated carbocycles. The van der Waals surface area contributed by atoms with Crippen molar-refractivity contribution in [3.63, 3.8) is 0 Å². The van der Waals surface area contributed by atoms with Gasteiger partial charge in [0.2, 0.25) is 0 Å². The Kier molecular flexibility index (Phi) is 2.47. The number of aliphatic hydroxyl groups is 1. The second kappa shape index (κ2) is 3.13. The number of hydrogen-bond acceptors (Lipinski definition) is 2. The fourth-order valence-corrected chi connectivity index (χ4v) is 0.966. The van der Waals surface area contributed by atoms with Gasteiger partial charge in [-0.3, -0.25) is 4.79 Å². The van der Waals surface area contributed by atoms with Crippen molar-refractivity contribution in [2.75, 3.05) is 0 Å². The highest BCUT2D eigenvalue weighted by Gasteiger charge is 2.68. The summed E-state index contributed by atoms with van der Waals surface area (Å²) in [7, 11) is 0. The molecule has 1 N–H and O–H groups in total. The Morgan fingerprint density at radius 1 is 1.07 bits per heavy atom. The lowest BCUT2D eigenvalue weighted by Crippen LogP contribution is -2.55. The molecule has 0 aromatic heterocycles. The molecule has 7 heteroatoms. The third-order valence-corrected chi connectivity index (χ3v) is 1.86. The molecule has 1 aliphatic rings. The lowest BCUT2D eigenvalue weighted by Gasteiger charge is -2.32. The maximum atomic E-state index is 12.7. The third-order valence-electron chi connectivity index (χ3n) is 1.86. The predicted octanol–water partition coefficient (Wildman–Crippen LogP) is 1.61. The van der Waals surface area contributed by atoms with Crippen LogP contribution >= 0.6 is 0 Å². The molecule has 0 saturated heterocycles. The van der Waals surface area contributed by atoms with Crippen LogP contribution in [0.3, 0.4) is 0 Å². The van der Waals surface area contributed by atoms with Gasteiger partial charge in [-0.25, -0.2) is 0 Å². The summed E-state index contributed by atoms with van der Waals surface area (Å²) < 4.78 is 61.2. The van der Waals surface area contributed by atoms with Crippen molar-refractivity contribution in [2.45, 2.75) is 17.7 Å². The highest BCUT2D eigenvalue weighted by Crippen LogP contribution is 2.45. The van der Waals surface area contributed by atoms with E-state index in [1.54, 1.807) is 0 Å². The summed E-state index contributed by atoms with van der Waals surface area (Å²) in [5.41, 5.74) is -3.50. The van der Waals surface area contributed by atoms with Gasteiger partial charge in [0.25, 0.3) is 0 Å². The van der Waals surface area contributed by atoms with Crippen molar-refractivity contribution >= 4 is 5.78 Å². The summed E-state index contributed by atoms with van der Waals surface area (Å²) in [4.78, 5) is 10.5. The van der Waals surface area contributed by atoms with E-state index in [0.717, 1.165) is 0 Å². The molecule has 2 nitrogen and oxygen atoms in total. The lowest BCUT2D eigenvalue weighted by molar-refractivity contribution is -0.321. The molecule has 0 amide bonds. The largest absolute Gasteiger partial charge is 0.457 e.